The quantitative estimate of drug-likeness (QED) is 0.610. The Hall–Kier alpha value is -0.160. The molecule has 0 aromatic rings. The summed E-state index contributed by atoms with van der Waals surface area (Å²) in [6.07, 6.45) is 0. The normalized spacial score (nSPS) is 12.0. The first kappa shape index (κ1) is 12.8. The lowest BCUT2D eigenvalue weighted by Crippen LogP contribution is -2.54. The van der Waals surface area contributed by atoms with Gasteiger partial charge in [0.1, 0.15) is 0 Å². The molecule has 0 rings (SSSR count). The molecule has 0 saturated heterocycles. The fourth-order valence-corrected chi connectivity index (χ4v) is 1.19. The van der Waals surface area contributed by atoms with Crippen molar-refractivity contribution in [1.29, 1.82) is 0 Å². The minimum absolute atomic E-state index is 0. The number of nitrogens with one attached hydrogen (secondary N) is 1. The van der Waals surface area contributed by atoms with Crippen LogP contribution in [0.2, 0.25) is 0 Å². The summed E-state index contributed by atoms with van der Waals surface area (Å²) in [6, 6.07) is 0. The van der Waals surface area contributed by atoms with E-state index in [9.17, 15) is 0 Å². The van der Waals surface area contributed by atoms with Crippen molar-refractivity contribution in [3.05, 3.63) is 0 Å². The standard InChI is InChI=1S/C9H21NO3.H2/c1-5-13-8-9(10-2,6-11-3)7-12-4;/h10H,5-8H2,1-4H3;1H. The van der Waals surface area contributed by atoms with Crippen molar-refractivity contribution in [3.8, 4) is 0 Å². The number of hydrogen-bond donors (Lipinski definition) is 1. The maximum Gasteiger partial charge on any atom is 0.0887 e. The zero-order valence-electron chi connectivity index (χ0n) is 9.05. The third-order valence-corrected chi connectivity index (χ3v) is 1.95. The molecule has 0 aromatic carbocycles. The number of methoxy groups -OCH3 is 2. The summed E-state index contributed by atoms with van der Waals surface area (Å²) in [5, 5.41) is 3.18. The molecule has 0 unspecified atom stereocenters. The molecule has 13 heavy (non-hydrogen) atoms. The van der Waals surface area contributed by atoms with Crippen molar-refractivity contribution >= 4 is 0 Å². The van der Waals surface area contributed by atoms with Crippen LogP contribution in [0.4, 0.5) is 0 Å². The molecule has 0 aromatic heterocycles. The molecule has 82 valence electrons. The third-order valence-electron chi connectivity index (χ3n) is 1.95. The molecule has 4 heteroatoms. The van der Waals surface area contributed by atoms with Crippen molar-refractivity contribution < 1.29 is 15.6 Å². The van der Waals surface area contributed by atoms with Gasteiger partial charge in [-0.1, -0.05) is 0 Å². The topological polar surface area (TPSA) is 39.7 Å². The molecule has 0 amide bonds. The van der Waals surface area contributed by atoms with Gasteiger partial charge in [0.15, 0.2) is 0 Å². The average Bonchev–Trinajstić information content (AvgIpc) is 2.15. The smallest absolute Gasteiger partial charge is 0.0887 e. The molecular weight excluding hydrogens is 170 g/mol. The SMILES string of the molecule is CCOCC(COC)(COC)NC.[HH]. The predicted octanol–water partition coefficient (Wildman–Crippen LogP) is 0.520. The lowest BCUT2D eigenvalue weighted by atomic mass is 10.0. The second-order valence-corrected chi connectivity index (χ2v) is 3.03. The Morgan fingerprint density at radius 1 is 1.15 bits per heavy atom. The van der Waals surface area contributed by atoms with E-state index in [1.165, 1.54) is 0 Å². The summed E-state index contributed by atoms with van der Waals surface area (Å²) in [5.41, 5.74) is -0.223. The lowest BCUT2D eigenvalue weighted by Gasteiger charge is -2.31. The first-order chi connectivity index (χ1) is 6.24. The van der Waals surface area contributed by atoms with Crippen LogP contribution in [0, 0.1) is 0 Å². The molecule has 0 aliphatic rings. The summed E-state index contributed by atoms with van der Waals surface area (Å²) in [6.45, 7) is 4.44. The largest absolute Gasteiger partial charge is 0.383 e. The fourth-order valence-electron chi connectivity index (χ4n) is 1.19. The van der Waals surface area contributed by atoms with Gasteiger partial charge in [-0.05, 0) is 14.0 Å². The molecule has 0 bridgehead atoms. The van der Waals surface area contributed by atoms with Gasteiger partial charge >= 0.3 is 0 Å². The van der Waals surface area contributed by atoms with E-state index in [-0.39, 0.29) is 6.97 Å². The van der Waals surface area contributed by atoms with Gasteiger partial charge in [-0.25, -0.2) is 0 Å². The first-order valence-corrected chi connectivity index (χ1v) is 4.49. The van der Waals surface area contributed by atoms with E-state index >= 15 is 0 Å². The number of ether oxygens (including phenoxy) is 3. The first-order valence-electron chi connectivity index (χ1n) is 4.49. The zero-order chi connectivity index (χ0) is 10.2. The van der Waals surface area contributed by atoms with E-state index in [4.69, 9.17) is 14.2 Å². The van der Waals surface area contributed by atoms with Crippen LogP contribution < -0.4 is 5.32 Å². The molecule has 0 aliphatic carbocycles. The molecule has 1 N–H and O–H groups in total. The summed E-state index contributed by atoms with van der Waals surface area (Å²) >= 11 is 0. The van der Waals surface area contributed by atoms with Crippen molar-refractivity contribution in [2.75, 3.05) is 47.7 Å². The second-order valence-electron chi connectivity index (χ2n) is 3.03. The van der Waals surface area contributed by atoms with E-state index in [1.807, 2.05) is 14.0 Å². The molecule has 0 aliphatic heterocycles. The van der Waals surface area contributed by atoms with Gasteiger partial charge in [0, 0.05) is 22.3 Å². The highest BCUT2D eigenvalue weighted by molar-refractivity contribution is 4.86. The molecule has 4 nitrogen and oxygen atoms in total. The van der Waals surface area contributed by atoms with Crippen LogP contribution in [0.15, 0.2) is 0 Å². The fraction of sp³-hybridized carbons (Fsp3) is 1.00. The zero-order valence-corrected chi connectivity index (χ0v) is 9.05. The van der Waals surface area contributed by atoms with E-state index < -0.39 is 0 Å². The number of hydrogen-bond acceptors (Lipinski definition) is 4. The molecule has 0 saturated carbocycles. The monoisotopic (exact) mass is 193 g/mol. The van der Waals surface area contributed by atoms with E-state index in [1.54, 1.807) is 14.2 Å². The van der Waals surface area contributed by atoms with Crippen molar-refractivity contribution in [1.82, 2.24) is 5.32 Å². The van der Waals surface area contributed by atoms with Gasteiger partial charge in [0.25, 0.3) is 0 Å². The number of likely N-dealkylation sites (N-methyl/N-ethyl adjacent to an activating group) is 1. The van der Waals surface area contributed by atoms with Crippen LogP contribution in [-0.2, 0) is 14.2 Å². The van der Waals surface area contributed by atoms with Gasteiger partial charge in [-0.3, -0.25) is 0 Å². The van der Waals surface area contributed by atoms with Gasteiger partial charge in [0.05, 0.1) is 25.4 Å². The van der Waals surface area contributed by atoms with Gasteiger partial charge < -0.3 is 19.5 Å². The van der Waals surface area contributed by atoms with E-state index in [2.05, 4.69) is 5.32 Å². The van der Waals surface area contributed by atoms with Crippen LogP contribution in [0.5, 0.6) is 0 Å². The Bertz CT molecular complexity index is 119. The van der Waals surface area contributed by atoms with Crippen LogP contribution >= 0.6 is 0 Å². The molecule has 0 fully saturated rings. The van der Waals surface area contributed by atoms with Crippen molar-refractivity contribution in [3.63, 3.8) is 0 Å². The molecule has 0 atom stereocenters. The minimum atomic E-state index is -0.223. The van der Waals surface area contributed by atoms with Crippen LogP contribution in [-0.4, -0.2) is 53.2 Å². The highest BCUT2D eigenvalue weighted by Crippen LogP contribution is 2.06. The lowest BCUT2D eigenvalue weighted by molar-refractivity contribution is -0.0123. The highest BCUT2D eigenvalue weighted by Gasteiger charge is 2.28. The predicted molar refractivity (Wildman–Crippen MR) is 54.1 cm³/mol. The van der Waals surface area contributed by atoms with E-state index in [0.29, 0.717) is 26.4 Å². The van der Waals surface area contributed by atoms with Gasteiger partial charge in [-0.2, -0.15) is 0 Å². The maximum absolute atomic E-state index is 5.37. The number of rotatable bonds is 8. The Labute approximate surface area is 82.0 Å². The molecule has 0 radical (unpaired) electrons. The molecule has 0 heterocycles. The summed E-state index contributed by atoms with van der Waals surface area (Å²) in [5.74, 6) is 0. The molecular formula is C9H23NO3. The van der Waals surface area contributed by atoms with Crippen LogP contribution in [0.3, 0.4) is 0 Å². The van der Waals surface area contributed by atoms with Crippen molar-refractivity contribution in [2.24, 2.45) is 0 Å². The Morgan fingerprint density at radius 3 is 2.00 bits per heavy atom. The molecule has 0 spiro atoms. The minimum Gasteiger partial charge on any atom is -0.383 e. The summed E-state index contributed by atoms with van der Waals surface area (Å²) in [4.78, 5) is 0. The Balaban J connectivity index is 0. The highest BCUT2D eigenvalue weighted by atomic mass is 16.5. The summed E-state index contributed by atoms with van der Waals surface area (Å²) in [7, 11) is 5.23. The maximum atomic E-state index is 5.37. The summed E-state index contributed by atoms with van der Waals surface area (Å²) < 4.78 is 15.6. The van der Waals surface area contributed by atoms with Gasteiger partial charge in [-0.15, -0.1) is 0 Å². The average molecular weight is 193 g/mol. The van der Waals surface area contributed by atoms with Crippen molar-refractivity contribution in [2.45, 2.75) is 12.5 Å². The Morgan fingerprint density at radius 2 is 1.69 bits per heavy atom. The van der Waals surface area contributed by atoms with Crippen LogP contribution in [0.25, 0.3) is 0 Å². The third kappa shape index (κ3) is 4.57. The van der Waals surface area contributed by atoms with Gasteiger partial charge in [0.2, 0.25) is 0 Å². The van der Waals surface area contributed by atoms with Crippen LogP contribution in [0.1, 0.15) is 8.35 Å². The Kier molecular flexibility index (Phi) is 7.17. The second kappa shape index (κ2) is 7.26. The van der Waals surface area contributed by atoms with E-state index in [0.717, 1.165) is 0 Å².